The van der Waals surface area contributed by atoms with E-state index in [-0.39, 0.29) is 29.6 Å². The number of likely N-dealkylation sites (tertiary alicyclic amines) is 1. The molecule has 21 heavy (non-hydrogen) atoms. The second-order valence-electron chi connectivity index (χ2n) is 6.93. The summed E-state index contributed by atoms with van der Waals surface area (Å²) in [6.45, 7) is 6.48. The third-order valence-electron chi connectivity index (χ3n) is 5.17. The Morgan fingerprint density at radius 1 is 1.19 bits per heavy atom. The van der Waals surface area contributed by atoms with Crippen LogP contribution in [0.3, 0.4) is 0 Å². The van der Waals surface area contributed by atoms with Crippen molar-refractivity contribution >= 4 is 17.6 Å². The van der Waals surface area contributed by atoms with Gasteiger partial charge in [0, 0.05) is 31.2 Å². The van der Waals surface area contributed by atoms with E-state index in [2.05, 4.69) is 0 Å². The first kappa shape index (κ1) is 16.2. The van der Waals surface area contributed by atoms with Crippen molar-refractivity contribution in [2.75, 3.05) is 6.54 Å². The van der Waals surface area contributed by atoms with Gasteiger partial charge in [0.25, 0.3) is 0 Å². The van der Waals surface area contributed by atoms with Gasteiger partial charge >= 0.3 is 0 Å². The second-order valence-corrected chi connectivity index (χ2v) is 6.93. The Balaban J connectivity index is 1.88. The molecule has 1 aliphatic heterocycles. The van der Waals surface area contributed by atoms with E-state index >= 15 is 0 Å². The number of imide groups is 1. The van der Waals surface area contributed by atoms with Crippen LogP contribution in [0.15, 0.2) is 0 Å². The normalized spacial score (nSPS) is 30.3. The smallest absolute Gasteiger partial charge is 0.233 e. The van der Waals surface area contributed by atoms with Crippen molar-refractivity contribution in [3.63, 3.8) is 0 Å². The van der Waals surface area contributed by atoms with Crippen LogP contribution in [0.5, 0.6) is 0 Å². The van der Waals surface area contributed by atoms with E-state index in [1.54, 1.807) is 0 Å². The number of nitrogens with zero attached hydrogens (tertiary/aromatic N) is 1. The number of ketones is 1. The highest BCUT2D eigenvalue weighted by Gasteiger charge is 2.41. The van der Waals surface area contributed by atoms with Crippen molar-refractivity contribution in [3.05, 3.63) is 0 Å². The van der Waals surface area contributed by atoms with Crippen LogP contribution in [-0.2, 0) is 14.4 Å². The molecule has 0 aromatic heterocycles. The maximum Gasteiger partial charge on any atom is 0.233 e. The van der Waals surface area contributed by atoms with Gasteiger partial charge in [-0.05, 0) is 37.5 Å². The van der Waals surface area contributed by atoms with Gasteiger partial charge in [0.05, 0.1) is 0 Å². The van der Waals surface area contributed by atoms with E-state index in [0.717, 1.165) is 25.7 Å². The van der Waals surface area contributed by atoms with Crippen LogP contribution in [0, 0.1) is 23.7 Å². The molecule has 2 fully saturated rings. The molecule has 1 heterocycles. The number of carbonyl (C=O) groups is 3. The average Bonchev–Trinajstić information content (AvgIpc) is 2.75. The highest BCUT2D eigenvalue weighted by molar-refractivity contribution is 6.03. The van der Waals surface area contributed by atoms with Gasteiger partial charge in [-0.1, -0.05) is 20.8 Å². The van der Waals surface area contributed by atoms with Gasteiger partial charge in [0.1, 0.15) is 5.78 Å². The number of amides is 2. The van der Waals surface area contributed by atoms with Crippen molar-refractivity contribution in [1.29, 1.82) is 0 Å². The predicted molar refractivity (Wildman–Crippen MR) is 80.4 cm³/mol. The lowest BCUT2D eigenvalue weighted by Crippen LogP contribution is -2.37. The molecule has 0 N–H and O–H groups in total. The minimum absolute atomic E-state index is 0.00884. The van der Waals surface area contributed by atoms with E-state index in [1.165, 1.54) is 4.90 Å². The number of rotatable bonds is 5. The van der Waals surface area contributed by atoms with E-state index in [9.17, 15) is 14.4 Å². The first-order chi connectivity index (χ1) is 9.93. The summed E-state index contributed by atoms with van der Waals surface area (Å²) in [5, 5.41) is 0. The standard InChI is InChI=1S/C17H27NO3/c1-4-15(19)13-7-5-12(6-8-13)10-18-16(20)9-14(11(2)3)17(18)21/h11-14H,4-10H2,1-3H3/t12?,13?,14-/m1/s1. The zero-order valence-corrected chi connectivity index (χ0v) is 13.4. The van der Waals surface area contributed by atoms with Crippen molar-refractivity contribution in [2.24, 2.45) is 23.7 Å². The fourth-order valence-electron chi connectivity index (χ4n) is 3.64. The molecule has 0 radical (unpaired) electrons. The lowest BCUT2D eigenvalue weighted by Gasteiger charge is -2.30. The largest absolute Gasteiger partial charge is 0.299 e. The molecule has 4 nitrogen and oxygen atoms in total. The summed E-state index contributed by atoms with van der Waals surface area (Å²) in [6, 6.07) is 0. The summed E-state index contributed by atoms with van der Waals surface area (Å²) in [5.74, 6) is 1.05. The predicted octanol–water partition coefficient (Wildman–Crippen LogP) is 2.80. The molecular weight excluding hydrogens is 266 g/mol. The molecule has 0 aromatic rings. The lowest BCUT2D eigenvalue weighted by atomic mass is 9.79. The van der Waals surface area contributed by atoms with Crippen molar-refractivity contribution in [2.45, 2.75) is 59.3 Å². The van der Waals surface area contributed by atoms with Gasteiger partial charge < -0.3 is 0 Å². The molecule has 1 aliphatic carbocycles. The number of hydrogen-bond acceptors (Lipinski definition) is 3. The van der Waals surface area contributed by atoms with E-state index < -0.39 is 0 Å². The molecule has 1 saturated heterocycles. The summed E-state index contributed by atoms with van der Waals surface area (Å²) in [6.07, 6.45) is 4.75. The Kier molecular flexibility index (Phi) is 5.17. The Bertz CT molecular complexity index is 422. The van der Waals surface area contributed by atoms with Gasteiger partial charge in [-0.3, -0.25) is 19.3 Å². The molecule has 0 aromatic carbocycles. The molecule has 0 unspecified atom stereocenters. The minimum atomic E-state index is -0.129. The highest BCUT2D eigenvalue weighted by atomic mass is 16.2. The zero-order chi connectivity index (χ0) is 15.6. The quantitative estimate of drug-likeness (QED) is 0.732. The molecular formula is C17H27NO3. The van der Waals surface area contributed by atoms with E-state index in [4.69, 9.17) is 0 Å². The summed E-state index contributed by atoms with van der Waals surface area (Å²) >= 11 is 0. The summed E-state index contributed by atoms with van der Waals surface area (Å²) in [5.41, 5.74) is 0. The van der Waals surface area contributed by atoms with Crippen LogP contribution in [0.4, 0.5) is 0 Å². The molecule has 2 amide bonds. The minimum Gasteiger partial charge on any atom is -0.299 e. The third kappa shape index (κ3) is 3.53. The zero-order valence-electron chi connectivity index (χ0n) is 13.4. The highest BCUT2D eigenvalue weighted by Crippen LogP contribution is 2.33. The van der Waals surface area contributed by atoms with Gasteiger partial charge in [-0.15, -0.1) is 0 Å². The fraction of sp³-hybridized carbons (Fsp3) is 0.824. The van der Waals surface area contributed by atoms with Crippen molar-refractivity contribution in [1.82, 2.24) is 4.90 Å². The third-order valence-corrected chi connectivity index (χ3v) is 5.17. The maximum absolute atomic E-state index is 12.3. The first-order valence-corrected chi connectivity index (χ1v) is 8.30. The van der Waals surface area contributed by atoms with Crippen molar-refractivity contribution < 1.29 is 14.4 Å². The maximum atomic E-state index is 12.3. The topological polar surface area (TPSA) is 54.5 Å². The second kappa shape index (κ2) is 6.71. The van der Waals surface area contributed by atoms with Crippen LogP contribution in [0.2, 0.25) is 0 Å². The molecule has 1 saturated carbocycles. The number of carbonyl (C=O) groups excluding carboxylic acids is 3. The summed E-state index contributed by atoms with van der Waals surface area (Å²) < 4.78 is 0. The van der Waals surface area contributed by atoms with Gasteiger partial charge in [0.15, 0.2) is 0 Å². The lowest BCUT2D eigenvalue weighted by molar-refractivity contribution is -0.141. The van der Waals surface area contributed by atoms with Gasteiger partial charge in [0.2, 0.25) is 11.8 Å². The van der Waals surface area contributed by atoms with Gasteiger partial charge in [-0.2, -0.15) is 0 Å². The van der Waals surface area contributed by atoms with Crippen LogP contribution >= 0.6 is 0 Å². The average molecular weight is 293 g/mol. The Hall–Kier alpha value is -1.19. The van der Waals surface area contributed by atoms with E-state index in [0.29, 0.717) is 31.1 Å². The monoisotopic (exact) mass is 293 g/mol. The molecule has 2 aliphatic rings. The van der Waals surface area contributed by atoms with Crippen LogP contribution in [-0.4, -0.2) is 29.0 Å². The van der Waals surface area contributed by atoms with Crippen LogP contribution < -0.4 is 0 Å². The molecule has 0 spiro atoms. The first-order valence-electron chi connectivity index (χ1n) is 8.30. The molecule has 4 heteroatoms. The van der Waals surface area contributed by atoms with Crippen LogP contribution in [0.25, 0.3) is 0 Å². The Morgan fingerprint density at radius 2 is 1.81 bits per heavy atom. The Labute approximate surface area is 127 Å². The molecule has 118 valence electrons. The molecule has 2 rings (SSSR count). The number of Topliss-reactive ketones (excluding diaryl/α,β-unsaturated/α-hetero) is 1. The van der Waals surface area contributed by atoms with Gasteiger partial charge in [-0.25, -0.2) is 0 Å². The summed E-state index contributed by atoms with van der Waals surface area (Å²) in [7, 11) is 0. The number of hydrogen-bond donors (Lipinski definition) is 0. The van der Waals surface area contributed by atoms with Crippen LogP contribution in [0.1, 0.15) is 59.3 Å². The summed E-state index contributed by atoms with van der Waals surface area (Å²) in [4.78, 5) is 37.5. The molecule has 1 atom stereocenters. The Morgan fingerprint density at radius 3 is 2.29 bits per heavy atom. The van der Waals surface area contributed by atoms with E-state index in [1.807, 2.05) is 20.8 Å². The SMILES string of the molecule is CCC(=O)C1CCC(CN2C(=O)C[C@H](C(C)C)C2=O)CC1. The van der Waals surface area contributed by atoms with Crippen molar-refractivity contribution in [3.8, 4) is 0 Å². The fourth-order valence-corrected chi connectivity index (χ4v) is 3.64. The molecule has 0 bridgehead atoms.